The standard InChI is InChI=1S/C19H18ClFN2O4/c1-11(27-16-5-3-15(21)4-6-16)18(24)22-23-19(25)13-8-12-9-14(20)2-7-17(12)26-10-13/h2-7,9,11,13H,8,10H2,1H3,(H,22,24)(H,23,25)/t11-,13-/m1/s1. The molecule has 0 unspecified atom stereocenters. The van der Waals surface area contributed by atoms with E-state index in [9.17, 15) is 14.0 Å². The number of hydrazine groups is 1. The quantitative estimate of drug-likeness (QED) is 0.784. The first-order valence-electron chi connectivity index (χ1n) is 8.35. The number of nitrogens with one attached hydrogen (secondary N) is 2. The van der Waals surface area contributed by atoms with Gasteiger partial charge < -0.3 is 9.47 Å². The van der Waals surface area contributed by atoms with E-state index in [1.54, 1.807) is 18.2 Å². The van der Waals surface area contributed by atoms with Crippen LogP contribution in [0.4, 0.5) is 4.39 Å². The Morgan fingerprint density at radius 3 is 2.70 bits per heavy atom. The summed E-state index contributed by atoms with van der Waals surface area (Å²) in [6.07, 6.45) is -0.419. The van der Waals surface area contributed by atoms with Gasteiger partial charge in [-0.2, -0.15) is 0 Å². The van der Waals surface area contributed by atoms with Gasteiger partial charge in [0.2, 0.25) is 5.91 Å². The summed E-state index contributed by atoms with van der Waals surface area (Å²) < 4.78 is 23.9. The summed E-state index contributed by atoms with van der Waals surface area (Å²) in [6.45, 7) is 1.73. The molecule has 1 aliphatic rings. The van der Waals surface area contributed by atoms with Gasteiger partial charge in [-0.1, -0.05) is 11.6 Å². The van der Waals surface area contributed by atoms with E-state index in [0.717, 1.165) is 5.56 Å². The molecule has 0 aliphatic carbocycles. The second-order valence-electron chi connectivity index (χ2n) is 6.16. The summed E-state index contributed by atoms with van der Waals surface area (Å²) in [5.41, 5.74) is 5.55. The van der Waals surface area contributed by atoms with Crippen LogP contribution in [0, 0.1) is 11.7 Å². The summed E-state index contributed by atoms with van der Waals surface area (Å²) in [6, 6.07) is 10.5. The fourth-order valence-electron chi connectivity index (χ4n) is 2.63. The Bertz CT molecular complexity index is 844. The van der Waals surface area contributed by atoms with Gasteiger partial charge in [-0.3, -0.25) is 20.4 Å². The number of carbonyl (C=O) groups excluding carboxylic acids is 2. The average molecular weight is 393 g/mol. The Kier molecular flexibility index (Phi) is 5.81. The number of benzene rings is 2. The van der Waals surface area contributed by atoms with Gasteiger partial charge in [-0.25, -0.2) is 4.39 Å². The van der Waals surface area contributed by atoms with Crippen LogP contribution < -0.4 is 20.3 Å². The van der Waals surface area contributed by atoms with Crippen LogP contribution in [0.3, 0.4) is 0 Å². The second-order valence-corrected chi connectivity index (χ2v) is 6.59. The molecular formula is C19H18ClFN2O4. The molecule has 1 aliphatic heterocycles. The molecule has 2 atom stereocenters. The molecule has 2 aromatic rings. The number of halogens is 2. The molecule has 0 bridgehead atoms. The number of fused-ring (bicyclic) bond motifs is 1. The van der Waals surface area contributed by atoms with Crippen molar-refractivity contribution in [3.8, 4) is 11.5 Å². The van der Waals surface area contributed by atoms with E-state index in [0.29, 0.717) is 22.9 Å². The Morgan fingerprint density at radius 2 is 1.96 bits per heavy atom. The van der Waals surface area contributed by atoms with Crippen LogP contribution in [0.5, 0.6) is 11.5 Å². The van der Waals surface area contributed by atoms with Gasteiger partial charge in [0.05, 0.1) is 5.92 Å². The molecule has 8 heteroatoms. The van der Waals surface area contributed by atoms with Crippen molar-refractivity contribution in [2.24, 2.45) is 5.92 Å². The van der Waals surface area contributed by atoms with Crippen molar-refractivity contribution in [2.75, 3.05) is 6.61 Å². The highest BCUT2D eigenvalue weighted by Crippen LogP contribution is 2.29. The van der Waals surface area contributed by atoms with Crippen molar-refractivity contribution in [3.63, 3.8) is 0 Å². The van der Waals surface area contributed by atoms with Crippen molar-refractivity contribution in [1.82, 2.24) is 10.9 Å². The predicted octanol–water partition coefficient (Wildman–Crippen LogP) is 2.65. The highest BCUT2D eigenvalue weighted by atomic mass is 35.5. The fraction of sp³-hybridized carbons (Fsp3) is 0.263. The zero-order valence-corrected chi connectivity index (χ0v) is 15.3. The SMILES string of the molecule is C[C@@H](Oc1ccc(F)cc1)C(=O)NNC(=O)[C@H]1COc2ccc(Cl)cc2C1. The van der Waals surface area contributed by atoms with Crippen LogP contribution in [0.1, 0.15) is 12.5 Å². The van der Waals surface area contributed by atoms with Crippen LogP contribution in [0.2, 0.25) is 5.02 Å². The largest absolute Gasteiger partial charge is 0.492 e. The minimum Gasteiger partial charge on any atom is -0.492 e. The van der Waals surface area contributed by atoms with Crippen molar-refractivity contribution in [2.45, 2.75) is 19.4 Å². The van der Waals surface area contributed by atoms with Gasteiger partial charge in [0.1, 0.15) is 23.9 Å². The molecule has 6 nitrogen and oxygen atoms in total. The Hall–Kier alpha value is -2.80. The molecule has 27 heavy (non-hydrogen) atoms. The van der Waals surface area contributed by atoms with Crippen molar-refractivity contribution < 1.29 is 23.5 Å². The maximum Gasteiger partial charge on any atom is 0.279 e. The molecule has 2 amide bonds. The molecule has 3 rings (SSSR count). The third-order valence-electron chi connectivity index (χ3n) is 4.10. The molecule has 0 radical (unpaired) electrons. The molecule has 0 saturated carbocycles. The zero-order valence-electron chi connectivity index (χ0n) is 14.5. The lowest BCUT2D eigenvalue weighted by Gasteiger charge is -2.25. The van der Waals surface area contributed by atoms with E-state index in [1.807, 2.05) is 0 Å². The van der Waals surface area contributed by atoms with Crippen LogP contribution in [0.25, 0.3) is 0 Å². The molecule has 1 heterocycles. The van der Waals surface area contributed by atoms with Crippen molar-refractivity contribution >= 4 is 23.4 Å². The third kappa shape index (κ3) is 4.89. The van der Waals surface area contributed by atoms with E-state index in [2.05, 4.69) is 10.9 Å². The predicted molar refractivity (Wildman–Crippen MR) is 96.9 cm³/mol. The Balaban J connectivity index is 1.49. The number of carbonyl (C=O) groups is 2. The monoisotopic (exact) mass is 392 g/mol. The Labute approximate surface area is 160 Å². The van der Waals surface area contributed by atoms with Gasteiger partial charge in [-0.05, 0) is 61.4 Å². The van der Waals surface area contributed by atoms with E-state index < -0.39 is 23.7 Å². The number of ether oxygens (including phenoxy) is 2. The normalized spacial score (nSPS) is 16.5. The van der Waals surface area contributed by atoms with E-state index in [1.165, 1.54) is 31.2 Å². The fourth-order valence-corrected chi connectivity index (χ4v) is 2.82. The van der Waals surface area contributed by atoms with Crippen LogP contribution in [0.15, 0.2) is 42.5 Å². The first kappa shape index (κ1) is 19.0. The number of rotatable bonds is 4. The molecule has 0 spiro atoms. The van der Waals surface area contributed by atoms with E-state index in [4.69, 9.17) is 21.1 Å². The summed E-state index contributed by atoms with van der Waals surface area (Å²) in [5, 5.41) is 0.568. The molecular weight excluding hydrogens is 375 g/mol. The lowest BCUT2D eigenvalue weighted by atomic mass is 9.96. The molecule has 2 N–H and O–H groups in total. The first-order chi connectivity index (χ1) is 12.9. The molecule has 2 aromatic carbocycles. The van der Waals surface area contributed by atoms with Crippen LogP contribution in [-0.2, 0) is 16.0 Å². The molecule has 142 valence electrons. The summed E-state index contributed by atoms with van der Waals surface area (Å²) in [7, 11) is 0. The van der Waals surface area contributed by atoms with Crippen molar-refractivity contribution in [3.05, 3.63) is 58.9 Å². The first-order valence-corrected chi connectivity index (χ1v) is 8.73. The smallest absolute Gasteiger partial charge is 0.279 e. The van der Waals surface area contributed by atoms with Crippen molar-refractivity contribution in [1.29, 1.82) is 0 Å². The van der Waals surface area contributed by atoms with Gasteiger partial charge >= 0.3 is 0 Å². The highest BCUT2D eigenvalue weighted by Gasteiger charge is 2.27. The number of hydrogen-bond acceptors (Lipinski definition) is 4. The molecule has 0 saturated heterocycles. The lowest BCUT2D eigenvalue weighted by molar-refractivity contribution is -0.134. The summed E-state index contributed by atoms with van der Waals surface area (Å²) >= 11 is 5.97. The third-order valence-corrected chi connectivity index (χ3v) is 4.34. The molecule has 0 aromatic heterocycles. The van der Waals surface area contributed by atoms with Crippen LogP contribution >= 0.6 is 11.6 Å². The minimum absolute atomic E-state index is 0.206. The Morgan fingerprint density at radius 1 is 1.22 bits per heavy atom. The van der Waals surface area contributed by atoms with E-state index in [-0.39, 0.29) is 12.5 Å². The number of amides is 2. The minimum atomic E-state index is -0.877. The highest BCUT2D eigenvalue weighted by molar-refractivity contribution is 6.30. The molecule has 0 fully saturated rings. The zero-order chi connectivity index (χ0) is 19.4. The van der Waals surface area contributed by atoms with Gasteiger partial charge in [0.15, 0.2) is 6.10 Å². The van der Waals surface area contributed by atoms with Gasteiger partial charge in [0.25, 0.3) is 5.91 Å². The maximum absolute atomic E-state index is 12.9. The van der Waals surface area contributed by atoms with Gasteiger partial charge in [0, 0.05) is 5.02 Å². The number of hydrogen-bond donors (Lipinski definition) is 2. The maximum atomic E-state index is 12.9. The second kappa shape index (κ2) is 8.26. The average Bonchev–Trinajstić information content (AvgIpc) is 2.66. The van der Waals surface area contributed by atoms with E-state index >= 15 is 0 Å². The lowest BCUT2D eigenvalue weighted by Crippen LogP contribution is -2.50. The topological polar surface area (TPSA) is 76.7 Å². The summed E-state index contributed by atoms with van der Waals surface area (Å²) in [5.74, 6) is -0.710. The van der Waals surface area contributed by atoms with Crippen LogP contribution in [-0.4, -0.2) is 24.5 Å². The van der Waals surface area contributed by atoms with Gasteiger partial charge in [-0.15, -0.1) is 0 Å². The summed E-state index contributed by atoms with van der Waals surface area (Å²) in [4.78, 5) is 24.4.